The van der Waals surface area contributed by atoms with Crippen molar-refractivity contribution in [3.63, 3.8) is 0 Å². The second kappa shape index (κ2) is 12.1. The van der Waals surface area contributed by atoms with Crippen LogP contribution in [0.2, 0.25) is 10.0 Å². The van der Waals surface area contributed by atoms with E-state index in [1.165, 1.54) is 23.9 Å². The summed E-state index contributed by atoms with van der Waals surface area (Å²) in [6.45, 7) is 4.30. The number of carbonyl (C=O) groups is 2. The Labute approximate surface area is 209 Å². The number of aromatic nitrogens is 3. The zero-order valence-corrected chi connectivity index (χ0v) is 20.5. The Balaban J connectivity index is 1.57. The molecule has 3 rings (SSSR count). The Morgan fingerprint density at radius 1 is 1.12 bits per heavy atom. The molecule has 1 aromatic heterocycles. The maximum Gasteiger partial charge on any atom is 0.335 e. The Morgan fingerprint density at radius 3 is 2.67 bits per heavy atom. The molecule has 0 atom stereocenters. The summed E-state index contributed by atoms with van der Waals surface area (Å²) in [5.41, 5.74) is 1.59. The lowest BCUT2D eigenvalue weighted by Gasteiger charge is -2.09. The van der Waals surface area contributed by atoms with E-state index in [1.807, 2.05) is 16.7 Å². The largest absolute Gasteiger partial charge is 0.478 e. The molecule has 0 spiro atoms. The van der Waals surface area contributed by atoms with Gasteiger partial charge in [0.2, 0.25) is 5.91 Å². The van der Waals surface area contributed by atoms with Gasteiger partial charge in [0.25, 0.3) is 0 Å². The average molecular weight is 523 g/mol. The maximum atomic E-state index is 12.3. The number of carboxylic acid groups (broad SMARTS) is 1. The molecule has 172 valence electrons. The number of hydrogen-bond donors (Lipinski definition) is 2. The number of halogens is 2. The number of rotatable bonds is 11. The van der Waals surface area contributed by atoms with E-state index < -0.39 is 5.97 Å². The van der Waals surface area contributed by atoms with Crippen LogP contribution in [0.5, 0.6) is 0 Å². The minimum atomic E-state index is -1.05. The van der Waals surface area contributed by atoms with E-state index >= 15 is 0 Å². The molecule has 1 amide bonds. The van der Waals surface area contributed by atoms with E-state index in [0.29, 0.717) is 33.2 Å². The predicted molar refractivity (Wildman–Crippen MR) is 134 cm³/mol. The Hall–Kier alpha value is -2.46. The number of aromatic carboxylic acids is 1. The third-order valence-corrected chi connectivity index (χ3v) is 7.02. The maximum absolute atomic E-state index is 12.3. The summed E-state index contributed by atoms with van der Waals surface area (Å²) >= 11 is 14.9. The van der Waals surface area contributed by atoms with Gasteiger partial charge in [0, 0.05) is 18.0 Å². The van der Waals surface area contributed by atoms with Gasteiger partial charge in [-0.3, -0.25) is 4.79 Å². The van der Waals surface area contributed by atoms with E-state index in [4.69, 9.17) is 28.3 Å². The van der Waals surface area contributed by atoms with E-state index in [0.717, 1.165) is 17.1 Å². The minimum Gasteiger partial charge on any atom is -0.478 e. The summed E-state index contributed by atoms with van der Waals surface area (Å²) in [4.78, 5) is 23.4. The van der Waals surface area contributed by atoms with Crippen LogP contribution in [0, 0.1) is 0 Å². The fourth-order valence-electron chi connectivity index (χ4n) is 2.79. The molecule has 33 heavy (non-hydrogen) atoms. The number of carbonyl (C=O) groups excluding carboxylic acids is 1. The summed E-state index contributed by atoms with van der Waals surface area (Å²) in [7, 11) is 0. The van der Waals surface area contributed by atoms with Crippen molar-refractivity contribution >= 4 is 64.3 Å². The number of anilines is 1. The number of amides is 1. The van der Waals surface area contributed by atoms with Crippen molar-refractivity contribution in [3.05, 3.63) is 82.1 Å². The first kappa shape index (κ1) is 25.2. The van der Waals surface area contributed by atoms with Crippen LogP contribution in [-0.2, 0) is 22.8 Å². The molecule has 0 unspecified atom stereocenters. The number of thioether (sulfide) groups is 2. The smallest absolute Gasteiger partial charge is 0.335 e. The molecule has 0 aliphatic heterocycles. The van der Waals surface area contributed by atoms with Crippen molar-refractivity contribution < 1.29 is 14.7 Å². The monoisotopic (exact) mass is 522 g/mol. The summed E-state index contributed by atoms with van der Waals surface area (Å²) in [6.07, 6.45) is 1.75. The summed E-state index contributed by atoms with van der Waals surface area (Å²) in [5.74, 6) is 0.905. The van der Waals surface area contributed by atoms with Gasteiger partial charge in [-0.25, -0.2) is 4.79 Å². The van der Waals surface area contributed by atoms with Crippen LogP contribution in [0.1, 0.15) is 21.7 Å². The van der Waals surface area contributed by atoms with Crippen LogP contribution in [0.25, 0.3) is 0 Å². The summed E-state index contributed by atoms with van der Waals surface area (Å²) < 4.78 is 1.91. The van der Waals surface area contributed by atoms with Gasteiger partial charge in [-0.15, -0.1) is 28.5 Å². The lowest BCUT2D eigenvalue weighted by atomic mass is 10.2. The van der Waals surface area contributed by atoms with Crippen molar-refractivity contribution in [2.75, 3.05) is 11.1 Å². The number of allylic oxidation sites excluding steroid dienone is 1. The summed E-state index contributed by atoms with van der Waals surface area (Å²) in [5, 5.41) is 21.9. The molecular weight excluding hydrogens is 503 g/mol. The zero-order valence-electron chi connectivity index (χ0n) is 17.3. The lowest BCUT2D eigenvalue weighted by molar-refractivity contribution is -0.113. The van der Waals surface area contributed by atoms with Crippen LogP contribution in [0.4, 0.5) is 5.69 Å². The molecule has 11 heteroatoms. The number of hydrogen-bond acceptors (Lipinski definition) is 6. The van der Waals surface area contributed by atoms with Gasteiger partial charge < -0.3 is 15.0 Å². The molecule has 2 aromatic carbocycles. The second-order valence-electron chi connectivity index (χ2n) is 6.76. The molecule has 0 radical (unpaired) electrons. The molecule has 0 saturated carbocycles. The van der Waals surface area contributed by atoms with Crippen LogP contribution in [0.15, 0.2) is 60.3 Å². The predicted octanol–water partition coefficient (Wildman–Crippen LogP) is 5.63. The third-order valence-electron chi connectivity index (χ3n) is 4.31. The van der Waals surface area contributed by atoms with E-state index in [-0.39, 0.29) is 17.2 Å². The molecule has 0 saturated heterocycles. The van der Waals surface area contributed by atoms with Crippen LogP contribution in [0.3, 0.4) is 0 Å². The fraction of sp³-hybridized carbons (Fsp3) is 0.182. The Bertz CT molecular complexity index is 1170. The Morgan fingerprint density at radius 2 is 1.94 bits per heavy atom. The normalized spacial score (nSPS) is 10.7. The number of benzene rings is 2. The van der Waals surface area contributed by atoms with E-state index in [1.54, 1.807) is 36.0 Å². The number of carboxylic acids is 1. The highest BCUT2D eigenvalue weighted by Crippen LogP contribution is 2.26. The first-order valence-corrected chi connectivity index (χ1v) is 12.6. The molecule has 0 aliphatic rings. The SMILES string of the molecule is C=CCn1c(CSCc2ccc(Cl)c(Cl)c2)nnc1SCC(=O)Nc1cccc(C(=O)O)c1. The second-order valence-corrected chi connectivity index (χ2v) is 9.50. The topological polar surface area (TPSA) is 97.1 Å². The first-order chi connectivity index (χ1) is 15.9. The fourth-order valence-corrected chi connectivity index (χ4v) is 4.79. The van der Waals surface area contributed by atoms with Gasteiger partial charge in [-0.1, -0.05) is 53.2 Å². The first-order valence-electron chi connectivity index (χ1n) is 9.68. The van der Waals surface area contributed by atoms with Crippen molar-refractivity contribution in [2.24, 2.45) is 0 Å². The highest BCUT2D eigenvalue weighted by Gasteiger charge is 2.14. The molecule has 7 nitrogen and oxygen atoms in total. The van der Waals surface area contributed by atoms with Crippen LogP contribution < -0.4 is 5.32 Å². The van der Waals surface area contributed by atoms with E-state index in [2.05, 4.69) is 22.1 Å². The van der Waals surface area contributed by atoms with Crippen molar-refractivity contribution in [3.8, 4) is 0 Å². The van der Waals surface area contributed by atoms with Crippen molar-refractivity contribution in [2.45, 2.75) is 23.2 Å². The van der Waals surface area contributed by atoms with Crippen LogP contribution in [-0.4, -0.2) is 37.5 Å². The van der Waals surface area contributed by atoms with Gasteiger partial charge in [0.1, 0.15) is 5.82 Å². The molecule has 2 N–H and O–H groups in total. The minimum absolute atomic E-state index is 0.100. The molecule has 1 heterocycles. The molecule has 3 aromatic rings. The van der Waals surface area contributed by atoms with Crippen molar-refractivity contribution in [1.82, 2.24) is 14.8 Å². The van der Waals surface area contributed by atoms with Crippen LogP contribution >= 0.6 is 46.7 Å². The highest BCUT2D eigenvalue weighted by atomic mass is 35.5. The quantitative estimate of drug-likeness (QED) is 0.248. The molecule has 0 fully saturated rings. The van der Waals surface area contributed by atoms with E-state index in [9.17, 15) is 9.59 Å². The van der Waals surface area contributed by atoms with Gasteiger partial charge in [0.05, 0.1) is 27.1 Å². The zero-order chi connectivity index (χ0) is 23.8. The lowest BCUT2D eigenvalue weighted by Crippen LogP contribution is -2.15. The molecule has 0 aliphatic carbocycles. The third kappa shape index (κ3) is 7.26. The molecule has 0 bridgehead atoms. The number of nitrogens with one attached hydrogen (secondary N) is 1. The highest BCUT2D eigenvalue weighted by molar-refractivity contribution is 7.99. The van der Waals surface area contributed by atoms with Gasteiger partial charge in [-0.05, 0) is 35.9 Å². The average Bonchev–Trinajstić information content (AvgIpc) is 3.16. The standard InChI is InChI=1S/C22H20Cl2N4O3S2/c1-2-8-28-19(12-32-11-14-6-7-17(23)18(24)9-14)26-27-22(28)33-13-20(29)25-16-5-3-4-15(10-16)21(30)31/h2-7,9-10H,1,8,11-13H2,(H,25,29)(H,30,31). The number of nitrogens with zero attached hydrogens (tertiary/aromatic N) is 3. The summed E-state index contributed by atoms with van der Waals surface area (Å²) in [6, 6.07) is 11.6. The van der Waals surface area contributed by atoms with Crippen molar-refractivity contribution in [1.29, 1.82) is 0 Å². The van der Waals surface area contributed by atoms with Gasteiger partial charge in [-0.2, -0.15) is 0 Å². The Kier molecular flexibility index (Phi) is 9.25. The van der Waals surface area contributed by atoms with Gasteiger partial charge in [0.15, 0.2) is 5.16 Å². The van der Waals surface area contributed by atoms with Gasteiger partial charge >= 0.3 is 5.97 Å². The molecular formula is C22H20Cl2N4O3S2.